The first-order chi connectivity index (χ1) is 9.24. The topological polar surface area (TPSA) is 94.2 Å². The van der Waals surface area contributed by atoms with Gasteiger partial charge in [-0.2, -0.15) is 0 Å². The number of aliphatic hydroxyl groups is 2. The maximum absolute atomic E-state index is 9.60. The molecule has 6 nitrogen and oxygen atoms in total. The van der Waals surface area contributed by atoms with Crippen molar-refractivity contribution in [3.63, 3.8) is 0 Å². The van der Waals surface area contributed by atoms with Gasteiger partial charge in [-0.1, -0.05) is 0 Å². The van der Waals surface area contributed by atoms with E-state index in [1.165, 1.54) is 0 Å². The summed E-state index contributed by atoms with van der Waals surface area (Å²) in [4.78, 5) is 0. The molecule has 0 aromatic rings. The third-order valence-electron chi connectivity index (χ3n) is 3.73. The van der Waals surface area contributed by atoms with Gasteiger partial charge in [0.15, 0.2) is 0 Å². The second-order valence-electron chi connectivity index (χ2n) is 4.80. The van der Waals surface area contributed by atoms with Crippen molar-refractivity contribution in [3.8, 4) is 0 Å². The zero-order chi connectivity index (χ0) is 13.5. The molecule has 0 bridgehead atoms. The van der Waals surface area contributed by atoms with Crippen LogP contribution in [-0.2, 0) is 14.0 Å². The second-order valence-corrected chi connectivity index (χ2v) is 4.80. The van der Waals surface area contributed by atoms with Crippen LogP contribution in [0.5, 0.6) is 0 Å². The van der Waals surface area contributed by atoms with Gasteiger partial charge in [0, 0.05) is 12.1 Å². The van der Waals surface area contributed by atoms with E-state index in [1.54, 1.807) is 6.26 Å². The number of hydrogen-bond donors (Lipinski definition) is 3. The van der Waals surface area contributed by atoms with Crippen LogP contribution in [-0.4, -0.2) is 55.4 Å². The fourth-order valence-electron chi connectivity index (χ4n) is 2.66. The number of aliphatic hydroxyl groups excluding tert-OH is 2. The van der Waals surface area contributed by atoms with E-state index in [4.69, 9.17) is 19.8 Å². The van der Waals surface area contributed by atoms with Gasteiger partial charge in [0.25, 0.3) is 0 Å². The number of ether oxygens (including phenoxy) is 1. The highest BCUT2D eigenvalue weighted by Gasteiger charge is 2.52. The number of rotatable bonds is 3. The average molecular weight is 302 g/mol. The summed E-state index contributed by atoms with van der Waals surface area (Å²) in [5.41, 5.74) is 6.97. The van der Waals surface area contributed by atoms with Crippen LogP contribution >= 0.6 is 12.4 Å². The van der Waals surface area contributed by atoms with E-state index < -0.39 is 12.7 Å². The van der Waals surface area contributed by atoms with Crippen LogP contribution in [0.25, 0.3) is 0 Å². The second kappa shape index (κ2) is 5.89. The van der Waals surface area contributed by atoms with Crippen LogP contribution in [0.15, 0.2) is 35.0 Å². The van der Waals surface area contributed by atoms with Gasteiger partial charge in [-0.3, -0.25) is 0 Å². The molecule has 20 heavy (non-hydrogen) atoms. The molecule has 0 radical (unpaired) electrons. The van der Waals surface area contributed by atoms with E-state index in [2.05, 4.69) is 0 Å². The molecule has 0 amide bonds. The van der Waals surface area contributed by atoms with E-state index in [1.807, 2.05) is 12.2 Å². The fourth-order valence-corrected chi connectivity index (χ4v) is 2.66. The van der Waals surface area contributed by atoms with Crippen LogP contribution in [0.1, 0.15) is 0 Å². The van der Waals surface area contributed by atoms with E-state index in [0.29, 0.717) is 6.54 Å². The Kier molecular flexibility index (Phi) is 4.58. The maximum Gasteiger partial charge on any atom is 0.495 e. The Morgan fingerprint density at radius 2 is 2.15 bits per heavy atom. The minimum atomic E-state index is -1.14. The van der Waals surface area contributed by atoms with Gasteiger partial charge in [0.1, 0.15) is 12.2 Å². The van der Waals surface area contributed by atoms with Gasteiger partial charge in [-0.25, -0.2) is 0 Å². The summed E-state index contributed by atoms with van der Waals surface area (Å²) in [7, 11) is -0.616. The lowest BCUT2D eigenvalue weighted by atomic mass is 9.70. The molecule has 1 unspecified atom stereocenters. The zero-order valence-electron chi connectivity index (χ0n) is 10.8. The van der Waals surface area contributed by atoms with Crippen molar-refractivity contribution in [2.24, 2.45) is 5.73 Å². The van der Waals surface area contributed by atoms with Crippen molar-refractivity contribution in [1.29, 1.82) is 0 Å². The molecular formula is C12H17BClNO5. The summed E-state index contributed by atoms with van der Waals surface area (Å²) in [5, 5.41) is 19.2. The molecule has 8 heteroatoms. The highest BCUT2D eigenvalue weighted by atomic mass is 35.5. The van der Waals surface area contributed by atoms with Gasteiger partial charge in [0.2, 0.25) is 0 Å². The van der Waals surface area contributed by atoms with E-state index in [0.717, 1.165) is 16.6 Å². The Morgan fingerprint density at radius 1 is 1.40 bits per heavy atom. The molecule has 4 N–H and O–H groups in total. The van der Waals surface area contributed by atoms with E-state index in [9.17, 15) is 10.2 Å². The molecule has 0 aromatic heterocycles. The Morgan fingerprint density at radius 3 is 2.80 bits per heavy atom. The smallest absolute Gasteiger partial charge is 0.495 e. The lowest BCUT2D eigenvalue weighted by Crippen LogP contribution is -2.44. The number of nitrogens with two attached hydrogens (primary N) is 1. The predicted octanol–water partition coefficient (Wildman–Crippen LogP) is -0.686. The Balaban J connectivity index is 0.00000147. The van der Waals surface area contributed by atoms with E-state index in [-0.39, 0.29) is 38.3 Å². The summed E-state index contributed by atoms with van der Waals surface area (Å²) in [6.07, 6.45) is 5.08. The van der Waals surface area contributed by atoms with Gasteiger partial charge in [-0.05, 0) is 23.2 Å². The fraction of sp³-hybridized carbons (Fsp3) is 0.500. The number of halogens is 1. The third-order valence-corrected chi connectivity index (χ3v) is 3.73. The van der Waals surface area contributed by atoms with Gasteiger partial charge >= 0.3 is 7.12 Å². The monoisotopic (exact) mass is 301 g/mol. The minimum Gasteiger partial charge on any atom is -0.497 e. The first-order valence-electron chi connectivity index (χ1n) is 6.23. The lowest BCUT2D eigenvalue weighted by molar-refractivity contribution is -0.0223. The molecule has 0 saturated heterocycles. The van der Waals surface area contributed by atoms with Crippen molar-refractivity contribution in [3.05, 3.63) is 35.0 Å². The highest BCUT2D eigenvalue weighted by molar-refractivity contribution is 6.57. The molecule has 0 spiro atoms. The molecule has 1 atom stereocenters. The Bertz CT molecular complexity index is 474. The SMILES string of the molecule is Cl.NCC1C=C2C=COCC3=C2B(O1)OC3(CO)CO. The average Bonchev–Trinajstić information content (AvgIpc) is 2.60. The van der Waals surface area contributed by atoms with Crippen LogP contribution < -0.4 is 5.73 Å². The Labute approximate surface area is 123 Å². The van der Waals surface area contributed by atoms with E-state index >= 15 is 0 Å². The van der Waals surface area contributed by atoms with Gasteiger partial charge < -0.3 is 30.0 Å². The minimum absolute atomic E-state index is 0. The van der Waals surface area contributed by atoms with Crippen LogP contribution in [0, 0.1) is 0 Å². The largest absolute Gasteiger partial charge is 0.497 e. The number of allylic oxidation sites excluding steroid dienone is 3. The molecular weight excluding hydrogens is 284 g/mol. The normalized spacial score (nSPS) is 26.4. The zero-order valence-corrected chi connectivity index (χ0v) is 11.6. The summed E-state index contributed by atoms with van der Waals surface area (Å²) in [6.45, 7) is -0.0540. The molecule has 3 aliphatic heterocycles. The summed E-state index contributed by atoms with van der Waals surface area (Å²) in [6, 6.07) is 0. The molecule has 3 heterocycles. The lowest BCUT2D eigenvalue weighted by Gasteiger charge is -2.29. The number of hydrogen-bond acceptors (Lipinski definition) is 6. The molecule has 110 valence electrons. The highest BCUT2D eigenvalue weighted by Crippen LogP contribution is 2.42. The molecule has 0 aromatic carbocycles. The summed E-state index contributed by atoms with van der Waals surface area (Å²) < 4.78 is 16.8. The first-order valence-corrected chi connectivity index (χ1v) is 6.23. The van der Waals surface area contributed by atoms with Crippen molar-refractivity contribution in [2.75, 3.05) is 26.4 Å². The Hall–Kier alpha value is -0.825. The van der Waals surface area contributed by atoms with Crippen molar-refractivity contribution >= 4 is 19.5 Å². The van der Waals surface area contributed by atoms with Crippen LogP contribution in [0.4, 0.5) is 0 Å². The van der Waals surface area contributed by atoms with Crippen LogP contribution in [0.3, 0.4) is 0 Å². The van der Waals surface area contributed by atoms with Crippen molar-refractivity contribution < 1.29 is 24.3 Å². The standard InChI is InChI=1S/C12H16BNO5.ClH/c14-4-9-3-8-1-2-17-5-10-11(8)13(18-9)19-12(10,6-15)7-16;/h1-3,9,15-16H,4-7,14H2;1H. The molecule has 3 rings (SSSR count). The van der Waals surface area contributed by atoms with Crippen molar-refractivity contribution in [2.45, 2.75) is 11.7 Å². The molecule has 3 aliphatic rings. The quantitative estimate of drug-likeness (QED) is 0.598. The van der Waals surface area contributed by atoms with Crippen LogP contribution in [0.2, 0.25) is 0 Å². The molecule has 0 saturated carbocycles. The van der Waals surface area contributed by atoms with Gasteiger partial charge in [0.05, 0.1) is 25.6 Å². The summed E-state index contributed by atoms with van der Waals surface area (Å²) >= 11 is 0. The third kappa shape index (κ3) is 2.20. The summed E-state index contributed by atoms with van der Waals surface area (Å²) in [5.74, 6) is 0. The molecule has 0 aliphatic carbocycles. The van der Waals surface area contributed by atoms with Crippen molar-refractivity contribution in [1.82, 2.24) is 0 Å². The first kappa shape index (κ1) is 15.6. The maximum atomic E-state index is 9.60. The predicted molar refractivity (Wildman–Crippen MR) is 75.1 cm³/mol. The van der Waals surface area contributed by atoms with Gasteiger partial charge in [-0.15, -0.1) is 12.4 Å². The molecule has 0 fully saturated rings.